The van der Waals surface area contributed by atoms with E-state index in [1.807, 2.05) is 26.0 Å². The SMILES string of the molecule is CCc1ccnc(C(=O)NC(C)c2cnc[nH]2)c1. The van der Waals surface area contributed by atoms with Crippen molar-refractivity contribution in [3.05, 3.63) is 47.8 Å². The van der Waals surface area contributed by atoms with E-state index in [9.17, 15) is 4.79 Å². The van der Waals surface area contributed by atoms with Crippen LogP contribution in [-0.2, 0) is 6.42 Å². The van der Waals surface area contributed by atoms with Gasteiger partial charge in [-0.05, 0) is 31.0 Å². The number of hydrogen-bond acceptors (Lipinski definition) is 3. The molecule has 0 aliphatic carbocycles. The van der Waals surface area contributed by atoms with Crippen molar-refractivity contribution in [2.24, 2.45) is 0 Å². The fourth-order valence-corrected chi connectivity index (χ4v) is 1.67. The van der Waals surface area contributed by atoms with Crippen molar-refractivity contribution in [3.8, 4) is 0 Å². The van der Waals surface area contributed by atoms with Crippen molar-refractivity contribution in [1.29, 1.82) is 0 Å². The lowest BCUT2D eigenvalue weighted by molar-refractivity contribution is 0.0934. The Kier molecular flexibility index (Phi) is 3.72. The molecule has 1 atom stereocenters. The molecule has 2 N–H and O–H groups in total. The van der Waals surface area contributed by atoms with Crippen molar-refractivity contribution < 1.29 is 4.79 Å². The van der Waals surface area contributed by atoms with Crippen molar-refractivity contribution in [2.45, 2.75) is 26.3 Å². The number of carbonyl (C=O) groups excluding carboxylic acids is 1. The van der Waals surface area contributed by atoms with E-state index in [0.717, 1.165) is 17.7 Å². The largest absolute Gasteiger partial charge is 0.347 e. The molecule has 2 aromatic rings. The minimum absolute atomic E-state index is 0.118. The normalized spacial score (nSPS) is 12.1. The molecule has 0 fully saturated rings. The summed E-state index contributed by atoms with van der Waals surface area (Å²) in [5.41, 5.74) is 2.42. The molecular weight excluding hydrogens is 228 g/mol. The van der Waals surface area contributed by atoms with E-state index in [0.29, 0.717) is 5.69 Å². The Balaban J connectivity index is 2.07. The highest BCUT2D eigenvalue weighted by molar-refractivity contribution is 5.92. The maximum atomic E-state index is 12.0. The molecule has 1 amide bonds. The minimum Gasteiger partial charge on any atom is -0.347 e. The quantitative estimate of drug-likeness (QED) is 0.862. The molecule has 2 aromatic heterocycles. The van der Waals surface area contributed by atoms with Gasteiger partial charge in [-0.2, -0.15) is 0 Å². The molecule has 0 spiro atoms. The molecule has 0 saturated carbocycles. The van der Waals surface area contributed by atoms with Gasteiger partial charge < -0.3 is 10.3 Å². The van der Waals surface area contributed by atoms with Gasteiger partial charge in [0.25, 0.3) is 5.91 Å². The summed E-state index contributed by atoms with van der Waals surface area (Å²) >= 11 is 0. The van der Waals surface area contributed by atoms with E-state index in [1.165, 1.54) is 0 Å². The van der Waals surface area contributed by atoms with Crippen LogP contribution in [0.15, 0.2) is 30.9 Å². The highest BCUT2D eigenvalue weighted by atomic mass is 16.1. The molecule has 5 heteroatoms. The third-order valence-corrected chi connectivity index (χ3v) is 2.80. The van der Waals surface area contributed by atoms with E-state index in [1.54, 1.807) is 18.7 Å². The molecule has 1 unspecified atom stereocenters. The lowest BCUT2D eigenvalue weighted by Gasteiger charge is -2.11. The first kappa shape index (κ1) is 12.3. The zero-order valence-corrected chi connectivity index (χ0v) is 10.5. The second-order valence-corrected chi connectivity index (χ2v) is 4.10. The van der Waals surface area contributed by atoms with Crippen LogP contribution in [0.5, 0.6) is 0 Å². The first-order valence-corrected chi connectivity index (χ1v) is 5.94. The highest BCUT2D eigenvalue weighted by Crippen LogP contribution is 2.09. The number of amides is 1. The van der Waals surface area contributed by atoms with Gasteiger partial charge in [-0.15, -0.1) is 0 Å². The summed E-state index contributed by atoms with van der Waals surface area (Å²) < 4.78 is 0. The summed E-state index contributed by atoms with van der Waals surface area (Å²) in [4.78, 5) is 23.0. The summed E-state index contributed by atoms with van der Waals surface area (Å²) in [6, 6.07) is 3.61. The summed E-state index contributed by atoms with van der Waals surface area (Å²) in [7, 11) is 0. The van der Waals surface area contributed by atoms with Gasteiger partial charge in [0.2, 0.25) is 0 Å². The van der Waals surface area contributed by atoms with Gasteiger partial charge >= 0.3 is 0 Å². The topological polar surface area (TPSA) is 70.7 Å². The molecule has 94 valence electrons. The first-order valence-electron chi connectivity index (χ1n) is 5.94. The second kappa shape index (κ2) is 5.44. The monoisotopic (exact) mass is 244 g/mol. The zero-order valence-electron chi connectivity index (χ0n) is 10.5. The fourth-order valence-electron chi connectivity index (χ4n) is 1.67. The van der Waals surface area contributed by atoms with Gasteiger partial charge in [-0.1, -0.05) is 6.92 Å². The smallest absolute Gasteiger partial charge is 0.270 e. The van der Waals surface area contributed by atoms with Crippen molar-refractivity contribution in [1.82, 2.24) is 20.3 Å². The van der Waals surface area contributed by atoms with E-state index in [-0.39, 0.29) is 11.9 Å². The average Bonchev–Trinajstić information content (AvgIpc) is 2.92. The van der Waals surface area contributed by atoms with Gasteiger partial charge in [-0.25, -0.2) is 4.98 Å². The van der Waals surface area contributed by atoms with Crippen LogP contribution in [0.4, 0.5) is 0 Å². The van der Waals surface area contributed by atoms with Crippen LogP contribution in [0.25, 0.3) is 0 Å². The highest BCUT2D eigenvalue weighted by Gasteiger charge is 2.13. The van der Waals surface area contributed by atoms with Crippen LogP contribution in [0.1, 0.15) is 41.6 Å². The third-order valence-electron chi connectivity index (χ3n) is 2.80. The molecule has 0 aliphatic rings. The summed E-state index contributed by atoms with van der Waals surface area (Å²) in [5.74, 6) is -0.174. The Bertz CT molecular complexity index is 522. The minimum atomic E-state index is -0.174. The van der Waals surface area contributed by atoms with Gasteiger partial charge in [0, 0.05) is 6.20 Å². The molecule has 0 saturated heterocycles. The Morgan fingerprint density at radius 3 is 3.06 bits per heavy atom. The van der Waals surface area contributed by atoms with Crippen molar-refractivity contribution in [2.75, 3.05) is 0 Å². The molecule has 2 rings (SSSR count). The fraction of sp³-hybridized carbons (Fsp3) is 0.308. The number of carbonyl (C=O) groups is 1. The zero-order chi connectivity index (χ0) is 13.0. The van der Waals surface area contributed by atoms with Crippen molar-refractivity contribution in [3.63, 3.8) is 0 Å². The Hall–Kier alpha value is -2.17. The van der Waals surface area contributed by atoms with E-state index >= 15 is 0 Å². The standard InChI is InChI=1S/C13H16N4O/c1-3-10-4-5-15-11(6-10)13(18)17-9(2)12-7-14-8-16-12/h4-9H,3H2,1-2H3,(H,14,16)(H,17,18). The molecular formula is C13H16N4O. The molecule has 5 nitrogen and oxygen atoms in total. The summed E-state index contributed by atoms with van der Waals surface area (Å²) in [6.45, 7) is 3.94. The van der Waals surface area contributed by atoms with Crippen LogP contribution in [0.3, 0.4) is 0 Å². The van der Waals surface area contributed by atoms with Gasteiger partial charge in [0.15, 0.2) is 0 Å². The lowest BCUT2D eigenvalue weighted by Crippen LogP contribution is -2.27. The third kappa shape index (κ3) is 2.74. The first-order chi connectivity index (χ1) is 8.70. The number of aryl methyl sites for hydroxylation is 1. The van der Waals surface area contributed by atoms with Crippen molar-refractivity contribution >= 4 is 5.91 Å². The number of nitrogens with zero attached hydrogens (tertiary/aromatic N) is 2. The number of nitrogens with one attached hydrogen (secondary N) is 2. The average molecular weight is 244 g/mol. The summed E-state index contributed by atoms with van der Waals surface area (Å²) in [5, 5.41) is 2.88. The predicted molar refractivity (Wildman–Crippen MR) is 68.1 cm³/mol. The van der Waals surface area contributed by atoms with Gasteiger partial charge in [0.05, 0.1) is 24.3 Å². The van der Waals surface area contributed by atoms with Gasteiger partial charge in [0.1, 0.15) is 5.69 Å². The van der Waals surface area contributed by atoms with Crippen LogP contribution in [-0.4, -0.2) is 20.9 Å². The Morgan fingerprint density at radius 2 is 2.39 bits per heavy atom. The number of aromatic amines is 1. The maximum absolute atomic E-state index is 12.0. The Labute approximate surface area is 106 Å². The Morgan fingerprint density at radius 1 is 1.56 bits per heavy atom. The van der Waals surface area contributed by atoms with E-state index in [4.69, 9.17) is 0 Å². The van der Waals surface area contributed by atoms with Crippen LogP contribution < -0.4 is 5.32 Å². The number of hydrogen-bond donors (Lipinski definition) is 2. The number of H-pyrrole nitrogens is 1. The molecule has 0 bridgehead atoms. The number of pyridine rings is 1. The molecule has 18 heavy (non-hydrogen) atoms. The number of aromatic nitrogens is 3. The maximum Gasteiger partial charge on any atom is 0.270 e. The number of imidazole rings is 1. The van der Waals surface area contributed by atoms with Crippen LogP contribution in [0.2, 0.25) is 0 Å². The second-order valence-electron chi connectivity index (χ2n) is 4.10. The summed E-state index contributed by atoms with van der Waals surface area (Å²) in [6.07, 6.45) is 5.84. The van der Waals surface area contributed by atoms with E-state index < -0.39 is 0 Å². The molecule has 2 heterocycles. The van der Waals surface area contributed by atoms with Crippen LogP contribution >= 0.6 is 0 Å². The van der Waals surface area contributed by atoms with Crippen LogP contribution in [0, 0.1) is 0 Å². The lowest BCUT2D eigenvalue weighted by atomic mass is 10.1. The number of rotatable bonds is 4. The molecule has 0 aromatic carbocycles. The van der Waals surface area contributed by atoms with E-state index in [2.05, 4.69) is 20.3 Å². The predicted octanol–water partition coefficient (Wildman–Crippen LogP) is 1.86. The van der Waals surface area contributed by atoms with Gasteiger partial charge in [-0.3, -0.25) is 9.78 Å². The molecule has 0 radical (unpaired) electrons. The molecule has 0 aliphatic heterocycles.